The molecular formula is C24H32NO6P. The number of aromatic hydroxyl groups is 1. The van der Waals surface area contributed by atoms with Crippen LogP contribution in [0.2, 0.25) is 0 Å². The summed E-state index contributed by atoms with van der Waals surface area (Å²) in [7, 11) is -1.93. The van der Waals surface area contributed by atoms with E-state index in [2.05, 4.69) is 17.4 Å². The van der Waals surface area contributed by atoms with E-state index in [1.165, 1.54) is 24.8 Å². The second-order valence-electron chi connectivity index (χ2n) is 7.57. The first-order valence-corrected chi connectivity index (χ1v) is 12.8. The van der Waals surface area contributed by atoms with Gasteiger partial charge in [-0.25, -0.2) is 4.79 Å². The molecule has 0 saturated heterocycles. The predicted octanol–water partition coefficient (Wildman–Crippen LogP) is 3.93. The highest BCUT2D eigenvalue weighted by Crippen LogP contribution is 2.47. The summed E-state index contributed by atoms with van der Waals surface area (Å²) >= 11 is 0. The third kappa shape index (κ3) is 8.85. The summed E-state index contributed by atoms with van der Waals surface area (Å²) < 4.78 is 23.5. The van der Waals surface area contributed by atoms with Gasteiger partial charge >= 0.3 is 5.97 Å². The number of rotatable bonds is 13. The average Bonchev–Trinajstić information content (AvgIpc) is 2.78. The molecule has 0 aliphatic heterocycles. The van der Waals surface area contributed by atoms with Crippen LogP contribution in [-0.2, 0) is 36.3 Å². The number of benzene rings is 2. The van der Waals surface area contributed by atoms with E-state index in [9.17, 15) is 19.3 Å². The third-order valence-corrected chi connectivity index (χ3v) is 7.50. The van der Waals surface area contributed by atoms with Crippen molar-refractivity contribution in [1.29, 1.82) is 0 Å². The van der Waals surface area contributed by atoms with Crippen LogP contribution < -0.4 is 5.32 Å². The van der Waals surface area contributed by atoms with E-state index in [4.69, 9.17) is 9.26 Å². The average molecular weight is 461 g/mol. The molecule has 2 aromatic carbocycles. The van der Waals surface area contributed by atoms with E-state index in [-0.39, 0.29) is 24.9 Å². The molecule has 1 unspecified atom stereocenters. The van der Waals surface area contributed by atoms with Gasteiger partial charge < -0.3 is 19.7 Å². The standard InChI is InChI=1S/C24H32NO6P/c1-3-31-32(29,16-8-7-11-19-9-5-4-6-10-19)18-23(27)25-22(24(28)30-2)17-20-12-14-21(26)15-13-20/h4-6,9-10,12-15,22,26H,3,7-8,11,16-18H2,1-2H3,(H,25,27)/t22-,32?/m0/s1. The van der Waals surface area contributed by atoms with Crippen LogP contribution in [0.1, 0.15) is 30.9 Å². The molecule has 0 radical (unpaired) electrons. The monoisotopic (exact) mass is 461 g/mol. The van der Waals surface area contributed by atoms with Crippen LogP contribution in [0.4, 0.5) is 0 Å². The van der Waals surface area contributed by atoms with Crippen LogP contribution in [0.3, 0.4) is 0 Å². The Bertz CT molecular complexity index is 900. The molecule has 32 heavy (non-hydrogen) atoms. The molecule has 0 fully saturated rings. The number of nitrogens with one attached hydrogen (secondary N) is 1. The number of unbranched alkanes of at least 4 members (excludes halogenated alkanes) is 1. The second kappa shape index (κ2) is 13.0. The molecule has 0 bridgehead atoms. The highest BCUT2D eigenvalue weighted by Gasteiger charge is 2.29. The molecule has 7 nitrogen and oxygen atoms in total. The number of carbonyl (C=O) groups excluding carboxylic acids is 2. The summed E-state index contributed by atoms with van der Waals surface area (Å²) in [6.07, 6.45) is 2.60. The van der Waals surface area contributed by atoms with Gasteiger partial charge in [0, 0.05) is 12.6 Å². The molecule has 0 heterocycles. The molecule has 2 aromatic rings. The van der Waals surface area contributed by atoms with Crippen LogP contribution in [0.15, 0.2) is 54.6 Å². The van der Waals surface area contributed by atoms with E-state index in [0.717, 1.165) is 18.4 Å². The molecule has 2 rings (SSSR count). The molecule has 2 N–H and O–H groups in total. The van der Waals surface area contributed by atoms with Gasteiger partial charge in [0.05, 0.1) is 13.7 Å². The molecule has 0 aliphatic carbocycles. The lowest BCUT2D eigenvalue weighted by Crippen LogP contribution is -2.44. The van der Waals surface area contributed by atoms with Gasteiger partial charge in [-0.2, -0.15) is 0 Å². The Kier molecular flexibility index (Phi) is 10.4. The highest BCUT2D eigenvalue weighted by atomic mass is 31.2. The summed E-state index contributed by atoms with van der Waals surface area (Å²) in [5.74, 6) is -1.00. The lowest BCUT2D eigenvalue weighted by Gasteiger charge is -2.20. The summed E-state index contributed by atoms with van der Waals surface area (Å²) in [5, 5.41) is 12.0. The molecule has 174 valence electrons. The minimum Gasteiger partial charge on any atom is -0.508 e. The van der Waals surface area contributed by atoms with Crippen LogP contribution >= 0.6 is 7.37 Å². The second-order valence-corrected chi connectivity index (χ2v) is 10.2. The first-order chi connectivity index (χ1) is 15.3. The van der Waals surface area contributed by atoms with Gasteiger partial charge in [-0.3, -0.25) is 9.36 Å². The van der Waals surface area contributed by atoms with Crippen LogP contribution in [0.25, 0.3) is 0 Å². The lowest BCUT2D eigenvalue weighted by atomic mass is 10.1. The SMILES string of the molecule is CCOP(=O)(CCCCc1ccccc1)CC(=O)N[C@@H](Cc1ccc(O)cc1)C(=O)OC. The summed E-state index contributed by atoms with van der Waals surface area (Å²) in [5.41, 5.74) is 1.96. The minimum absolute atomic E-state index is 0.109. The number of phenolic OH excluding ortho intramolecular Hbond substituents is 1. The van der Waals surface area contributed by atoms with Gasteiger partial charge in [-0.05, 0) is 49.4 Å². The molecule has 8 heteroatoms. The zero-order chi connectivity index (χ0) is 23.4. The molecule has 1 amide bonds. The van der Waals surface area contributed by atoms with Crippen molar-refractivity contribution < 1.29 is 28.5 Å². The quantitative estimate of drug-likeness (QED) is 0.266. The van der Waals surface area contributed by atoms with Crippen LogP contribution in [0, 0.1) is 0 Å². The lowest BCUT2D eigenvalue weighted by molar-refractivity contribution is -0.144. The molecule has 2 atom stereocenters. The van der Waals surface area contributed by atoms with E-state index in [0.29, 0.717) is 12.6 Å². The molecular weight excluding hydrogens is 429 g/mol. The van der Waals surface area contributed by atoms with Crippen molar-refractivity contribution in [3.63, 3.8) is 0 Å². The zero-order valence-electron chi connectivity index (χ0n) is 18.7. The Morgan fingerprint density at radius 3 is 2.34 bits per heavy atom. The molecule has 0 aliphatic rings. The van der Waals surface area contributed by atoms with Gasteiger partial charge in [0.1, 0.15) is 18.0 Å². The Balaban J connectivity index is 1.93. The van der Waals surface area contributed by atoms with Gasteiger partial charge in [0.25, 0.3) is 0 Å². The maximum absolute atomic E-state index is 13.2. The van der Waals surface area contributed by atoms with Crippen LogP contribution in [0.5, 0.6) is 5.75 Å². The number of hydrogen-bond donors (Lipinski definition) is 2. The largest absolute Gasteiger partial charge is 0.508 e. The third-order valence-electron chi connectivity index (χ3n) is 5.00. The van der Waals surface area contributed by atoms with Crippen molar-refractivity contribution in [3.8, 4) is 5.75 Å². The summed E-state index contributed by atoms with van der Waals surface area (Å²) in [6.45, 7) is 1.99. The predicted molar refractivity (Wildman–Crippen MR) is 124 cm³/mol. The number of ether oxygens (including phenoxy) is 1. The Morgan fingerprint density at radius 2 is 1.72 bits per heavy atom. The number of methoxy groups -OCH3 is 1. The van der Waals surface area contributed by atoms with Crippen molar-refractivity contribution in [3.05, 3.63) is 65.7 Å². The smallest absolute Gasteiger partial charge is 0.328 e. The fourth-order valence-corrected chi connectivity index (χ4v) is 5.50. The fraction of sp³-hybridized carbons (Fsp3) is 0.417. The number of hydrogen-bond acceptors (Lipinski definition) is 6. The van der Waals surface area contributed by atoms with E-state index < -0.39 is 25.3 Å². The molecule has 0 saturated carbocycles. The number of aryl methyl sites for hydroxylation is 1. The van der Waals surface area contributed by atoms with Gasteiger partial charge in [-0.15, -0.1) is 0 Å². The number of amides is 1. The van der Waals surface area contributed by atoms with Gasteiger partial charge in [0.15, 0.2) is 0 Å². The number of esters is 1. The van der Waals surface area contributed by atoms with E-state index in [1.54, 1.807) is 19.1 Å². The maximum Gasteiger partial charge on any atom is 0.328 e. The highest BCUT2D eigenvalue weighted by molar-refractivity contribution is 7.59. The van der Waals surface area contributed by atoms with E-state index >= 15 is 0 Å². The molecule has 0 spiro atoms. The Hall–Kier alpha value is -2.63. The maximum atomic E-state index is 13.2. The van der Waals surface area contributed by atoms with Crippen molar-refractivity contribution in [2.75, 3.05) is 26.0 Å². The Labute approximate surface area is 189 Å². The normalized spacial score (nSPS) is 13.7. The minimum atomic E-state index is -3.18. The number of phenols is 1. The number of carbonyl (C=O) groups is 2. The van der Waals surface area contributed by atoms with Gasteiger partial charge in [0.2, 0.25) is 13.3 Å². The first-order valence-electron chi connectivity index (χ1n) is 10.8. The van der Waals surface area contributed by atoms with Crippen molar-refractivity contribution >= 4 is 19.2 Å². The molecule has 0 aromatic heterocycles. The van der Waals surface area contributed by atoms with E-state index in [1.807, 2.05) is 18.2 Å². The zero-order valence-corrected chi connectivity index (χ0v) is 19.6. The van der Waals surface area contributed by atoms with Crippen molar-refractivity contribution in [2.24, 2.45) is 0 Å². The van der Waals surface area contributed by atoms with Gasteiger partial charge in [-0.1, -0.05) is 42.5 Å². The Morgan fingerprint density at radius 1 is 1.03 bits per heavy atom. The topological polar surface area (TPSA) is 102 Å². The van der Waals surface area contributed by atoms with Crippen molar-refractivity contribution in [1.82, 2.24) is 5.32 Å². The fourth-order valence-electron chi connectivity index (χ4n) is 3.41. The summed E-state index contributed by atoms with van der Waals surface area (Å²) in [4.78, 5) is 24.8. The summed E-state index contributed by atoms with van der Waals surface area (Å²) in [6, 6.07) is 15.5. The van der Waals surface area contributed by atoms with Crippen molar-refractivity contribution in [2.45, 2.75) is 38.6 Å². The van der Waals surface area contributed by atoms with Crippen LogP contribution in [-0.4, -0.2) is 49.1 Å². The first kappa shape index (κ1) is 25.6.